The summed E-state index contributed by atoms with van der Waals surface area (Å²) in [7, 11) is 0. The van der Waals surface area contributed by atoms with E-state index in [0.717, 1.165) is 18.7 Å². The van der Waals surface area contributed by atoms with Gasteiger partial charge in [-0.25, -0.2) is 4.39 Å². The van der Waals surface area contributed by atoms with Gasteiger partial charge in [-0.15, -0.1) is 0 Å². The van der Waals surface area contributed by atoms with Crippen LogP contribution in [-0.2, 0) is 6.54 Å². The fourth-order valence-corrected chi connectivity index (χ4v) is 1.52. The van der Waals surface area contributed by atoms with E-state index in [1.807, 2.05) is 13.0 Å². The standard InChI is InChI=1S/C14H15FN2O/c1-2-16-8-11-7-14(10-17-9-11)18-13-5-3-12(15)4-6-13/h3-7,9-10,16H,2,8H2,1H3. The first kappa shape index (κ1) is 12.5. The molecule has 0 spiro atoms. The lowest BCUT2D eigenvalue weighted by Crippen LogP contribution is -2.11. The van der Waals surface area contributed by atoms with E-state index in [0.29, 0.717) is 11.5 Å². The number of nitrogens with one attached hydrogen (secondary N) is 1. The van der Waals surface area contributed by atoms with Crippen LogP contribution in [0.4, 0.5) is 4.39 Å². The van der Waals surface area contributed by atoms with E-state index in [1.54, 1.807) is 24.5 Å². The van der Waals surface area contributed by atoms with Crippen LogP contribution in [0.3, 0.4) is 0 Å². The molecule has 0 unspecified atom stereocenters. The fourth-order valence-electron chi connectivity index (χ4n) is 1.52. The summed E-state index contributed by atoms with van der Waals surface area (Å²) in [5, 5.41) is 3.22. The number of hydrogen-bond acceptors (Lipinski definition) is 3. The van der Waals surface area contributed by atoms with E-state index in [1.165, 1.54) is 12.1 Å². The van der Waals surface area contributed by atoms with Crippen LogP contribution < -0.4 is 10.1 Å². The van der Waals surface area contributed by atoms with E-state index in [-0.39, 0.29) is 5.82 Å². The quantitative estimate of drug-likeness (QED) is 0.880. The van der Waals surface area contributed by atoms with Crippen LogP contribution in [0.1, 0.15) is 12.5 Å². The largest absolute Gasteiger partial charge is 0.456 e. The second kappa shape index (κ2) is 6.12. The molecule has 2 rings (SSSR count). The van der Waals surface area contributed by atoms with Crippen LogP contribution in [0.25, 0.3) is 0 Å². The van der Waals surface area contributed by atoms with Crippen molar-refractivity contribution in [2.24, 2.45) is 0 Å². The van der Waals surface area contributed by atoms with Crippen molar-refractivity contribution >= 4 is 0 Å². The molecule has 1 N–H and O–H groups in total. The highest BCUT2D eigenvalue weighted by Crippen LogP contribution is 2.21. The zero-order valence-electron chi connectivity index (χ0n) is 10.2. The molecule has 2 aromatic rings. The van der Waals surface area contributed by atoms with E-state index < -0.39 is 0 Å². The molecular formula is C14H15FN2O. The van der Waals surface area contributed by atoms with Gasteiger partial charge in [0.05, 0.1) is 6.20 Å². The average molecular weight is 246 g/mol. The van der Waals surface area contributed by atoms with Crippen LogP contribution in [0.5, 0.6) is 11.5 Å². The maximum absolute atomic E-state index is 12.8. The molecule has 1 heterocycles. The lowest BCUT2D eigenvalue weighted by atomic mass is 10.2. The molecule has 1 aromatic heterocycles. The zero-order valence-corrected chi connectivity index (χ0v) is 10.2. The Morgan fingerprint density at radius 2 is 1.94 bits per heavy atom. The van der Waals surface area contributed by atoms with Crippen molar-refractivity contribution in [2.75, 3.05) is 6.54 Å². The average Bonchev–Trinajstić information content (AvgIpc) is 2.40. The zero-order chi connectivity index (χ0) is 12.8. The van der Waals surface area contributed by atoms with Crippen molar-refractivity contribution in [1.82, 2.24) is 10.3 Å². The number of hydrogen-bond donors (Lipinski definition) is 1. The molecule has 3 nitrogen and oxygen atoms in total. The summed E-state index contributed by atoms with van der Waals surface area (Å²) < 4.78 is 18.3. The molecule has 0 amide bonds. The second-order valence-electron chi connectivity index (χ2n) is 3.87. The molecule has 0 saturated carbocycles. The number of halogens is 1. The summed E-state index contributed by atoms with van der Waals surface area (Å²) in [6.07, 6.45) is 3.43. The predicted octanol–water partition coefficient (Wildman–Crippen LogP) is 3.12. The normalized spacial score (nSPS) is 10.3. The van der Waals surface area contributed by atoms with Crippen molar-refractivity contribution in [3.63, 3.8) is 0 Å². The maximum atomic E-state index is 12.8. The Labute approximate surface area is 106 Å². The third-order valence-corrected chi connectivity index (χ3v) is 2.40. The second-order valence-corrected chi connectivity index (χ2v) is 3.87. The number of ether oxygens (including phenoxy) is 1. The minimum absolute atomic E-state index is 0.277. The van der Waals surface area contributed by atoms with Gasteiger partial charge in [-0.2, -0.15) is 0 Å². The minimum atomic E-state index is -0.277. The number of benzene rings is 1. The van der Waals surface area contributed by atoms with Gasteiger partial charge in [0.2, 0.25) is 0 Å². The molecule has 0 aliphatic heterocycles. The molecule has 0 fully saturated rings. The van der Waals surface area contributed by atoms with Gasteiger partial charge in [-0.3, -0.25) is 4.98 Å². The van der Waals surface area contributed by atoms with Crippen molar-refractivity contribution in [1.29, 1.82) is 0 Å². The van der Waals surface area contributed by atoms with Gasteiger partial charge in [-0.05, 0) is 42.4 Å². The highest BCUT2D eigenvalue weighted by molar-refractivity contribution is 5.31. The molecule has 4 heteroatoms. The molecule has 0 aliphatic rings. The molecule has 0 bridgehead atoms. The van der Waals surface area contributed by atoms with Gasteiger partial charge >= 0.3 is 0 Å². The van der Waals surface area contributed by atoms with Gasteiger partial charge in [0.1, 0.15) is 17.3 Å². The first-order valence-corrected chi connectivity index (χ1v) is 5.86. The molecular weight excluding hydrogens is 231 g/mol. The Morgan fingerprint density at radius 1 is 1.17 bits per heavy atom. The Morgan fingerprint density at radius 3 is 2.67 bits per heavy atom. The third kappa shape index (κ3) is 3.53. The Bertz CT molecular complexity index is 499. The first-order chi connectivity index (χ1) is 8.78. The van der Waals surface area contributed by atoms with Gasteiger partial charge in [0.25, 0.3) is 0 Å². The fraction of sp³-hybridized carbons (Fsp3) is 0.214. The molecule has 0 radical (unpaired) electrons. The summed E-state index contributed by atoms with van der Waals surface area (Å²) in [6, 6.07) is 7.83. The molecule has 1 aromatic carbocycles. The van der Waals surface area contributed by atoms with Gasteiger partial charge < -0.3 is 10.1 Å². The highest BCUT2D eigenvalue weighted by atomic mass is 19.1. The van der Waals surface area contributed by atoms with Crippen LogP contribution in [-0.4, -0.2) is 11.5 Å². The van der Waals surface area contributed by atoms with Gasteiger partial charge in [0, 0.05) is 12.7 Å². The summed E-state index contributed by atoms with van der Waals surface area (Å²) in [4.78, 5) is 4.11. The Balaban J connectivity index is 2.06. The van der Waals surface area contributed by atoms with Gasteiger partial charge in [0.15, 0.2) is 0 Å². The number of pyridine rings is 1. The summed E-state index contributed by atoms with van der Waals surface area (Å²) in [6.45, 7) is 3.71. The topological polar surface area (TPSA) is 34.2 Å². The first-order valence-electron chi connectivity index (χ1n) is 5.86. The lowest BCUT2D eigenvalue weighted by Gasteiger charge is -2.07. The Hall–Kier alpha value is -1.94. The summed E-state index contributed by atoms with van der Waals surface area (Å²) in [5.41, 5.74) is 1.05. The van der Waals surface area contributed by atoms with Crippen molar-refractivity contribution in [3.8, 4) is 11.5 Å². The van der Waals surface area contributed by atoms with E-state index in [9.17, 15) is 4.39 Å². The Kier molecular flexibility index (Phi) is 4.25. The number of nitrogens with zero attached hydrogens (tertiary/aromatic N) is 1. The summed E-state index contributed by atoms with van der Waals surface area (Å²) in [5.74, 6) is 0.970. The molecule has 0 aliphatic carbocycles. The van der Waals surface area contributed by atoms with Gasteiger partial charge in [-0.1, -0.05) is 6.92 Å². The summed E-state index contributed by atoms with van der Waals surface area (Å²) >= 11 is 0. The number of rotatable bonds is 5. The number of aromatic nitrogens is 1. The van der Waals surface area contributed by atoms with Crippen molar-refractivity contribution in [2.45, 2.75) is 13.5 Å². The SMILES string of the molecule is CCNCc1cncc(Oc2ccc(F)cc2)c1. The molecule has 94 valence electrons. The van der Waals surface area contributed by atoms with E-state index in [4.69, 9.17) is 4.74 Å². The smallest absolute Gasteiger partial charge is 0.146 e. The molecule has 18 heavy (non-hydrogen) atoms. The maximum Gasteiger partial charge on any atom is 0.146 e. The van der Waals surface area contributed by atoms with Crippen LogP contribution >= 0.6 is 0 Å². The molecule has 0 atom stereocenters. The van der Waals surface area contributed by atoms with Crippen LogP contribution in [0.15, 0.2) is 42.7 Å². The van der Waals surface area contributed by atoms with Crippen molar-refractivity contribution in [3.05, 3.63) is 54.1 Å². The van der Waals surface area contributed by atoms with E-state index in [2.05, 4.69) is 10.3 Å². The van der Waals surface area contributed by atoms with Crippen molar-refractivity contribution < 1.29 is 9.13 Å². The lowest BCUT2D eigenvalue weighted by molar-refractivity contribution is 0.477. The van der Waals surface area contributed by atoms with Crippen LogP contribution in [0, 0.1) is 5.82 Å². The third-order valence-electron chi connectivity index (χ3n) is 2.40. The van der Waals surface area contributed by atoms with Crippen LogP contribution in [0.2, 0.25) is 0 Å². The predicted molar refractivity (Wildman–Crippen MR) is 68.1 cm³/mol. The highest BCUT2D eigenvalue weighted by Gasteiger charge is 2.00. The molecule has 0 saturated heterocycles. The minimum Gasteiger partial charge on any atom is -0.456 e. The van der Waals surface area contributed by atoms with E-state index >= 15 is 0 Å². The monoisotopic (exact) mass is 246 g/mol.